The molecular formula is C15H15N3O. The second-order valence-electron chi connectivity index (χ2n) is 4.93. The van der Waals surface area contributed by atoms with Crippen LogP contribution >= 0.6 is 0 Å². The third kappa shape index (κ3) is 1.95. The molecule has 0 amide bonds. The number of rotatable bonds is 1. The molecule has 4 nitrogen and oxygen atoms in total. The molecule has 0 saturated carbocycles. The number of imidazole rings is 1. The van der Waals surface area contributed by atoms with Gasteiger partial charge in [0.2, 0.25) is 0 Å². The van der Waals surface area contributed by atoms with E-state index >= 15 is 0 Å². The average molecular weight is 253 g/mol. The lowest BCUT2D eigenvalue weighted by atomic mass is 10.1. The number of aromatic amines is 1. The molecule has 0 aliphatic carbocycles. The molecule has 3 aromatic rings. The van der Waals surface area contributed by atoms with E-state index in [1.807, 2.05) is 13.0 Å². The highest BCUT2D eigenvalue weighted by Crippen LogP contribution is 2.22. The van der Waals surface area contributed by atoms with E-state index in [1.54, 1.807) is 23.9 Å². The van der Waals surface area contributed by atoms with E-state index < -0.39 is 0 Å². The van der Waals surface area contributed by atoms with Crippen molar-refractivity contribution >= 4 is 11.0 Å². The lowest BCUT2D eigenvalue weighted by Crippen LogP contribution is -2.14. The molecule has 19 heavy (non-hydrogen) atoms. The Labute approximate surface area is 110 Å². The Hall–Kier alpha value is -2.36. The zero-order valence-electron chi connectivity index (χ0n) is 11.2. The van der Waals surface area contributed by atoms with Crippen LogP contribution < -0.4 is 5.56 Å². The number of hydrogen-bond donors (Lipinski definition) is 1. The fraction of sp³-hybridized carbons (Fsp3) is 0.200. The Bertz CT molecular complexity index is 827. The van der Waals surface area contributed by atoms with Crippen molar-refractivity contribution in [2.75, 3.05) is 0 Å². The van der Waals surface area contributed by atoms with E-state index in [0.717, 1.165) is 28.0 Å². The summed E-state index contributed by atoms with van der Waals surface area (Å²) >= 11 is 0. The first-order valence-corrected chi connectivity index (χ1v) is 6.18. The fourth-order valence-electron chi connectivity index (χ4n) is 2.30. The SMILES string of the molecule is Cc1cc(C)c2nc(-c3ccn(C)c(=O)c3)[nH]c2c1. The van der Waals surface area contributed by atoms with Crippen LogP contribution in [0.5, 0.6) is 0 Å². The van der Waals surface area contributed by atoms with Gasteiger partial charge in [0.1, 0.15) is 5.82 Å². The molecular weight excluding hydrogens is 238 g/mol. The highest BCUT2D eigenvalue weighted by Gasteiger charge is 2.08. The Balaban J connectivity index is 2.23. The summed E-state index contributed by atoms with van der Waals surface area (Å²) in [5, 5.41) is 0. The molecule has 0 bridgehead atoms. The molecule has 0 saturated heterocycles. The molecule has 96 valence electrons. The highest BCUT2D eigenvalue weighted by molar-refractivity contribution is 5.82. The van der Waals surface area contributed by atoms with Gasteiger partial charge in [0.05, 0.1) is 11.0 Å². The Morgan fingerprint density at radius 1 is 1.21 bits per heavy atom. The monoisotopic (exact) mass is 253 g/mol. The topological polar surface area (TPSA) is 50.7 Å². The van der Waals surface area contributed by atoms with E-state index in [0.29, 0.717) is 0 Å². The van der Waals surface area contributed by atoms with Gasteiger partial charge in [0, 0.05) is 24.9 Å². The van der Waals surface area contributed by atoms with Crippen LogP contribution in [0.25, 0.3) is 22.4 Å². The van der Waals surface area contributed by atoms with Gasteiger partial charge in [-0.1, -0.05) is 6.07 Å². The maximum atomic E-state index is 11.7. The zero-order valence-corrected chi connectivity index (χ0v) is 11.2. The maximum Gasteiger partial charge on any atom is 0.250 e. The van der Waals surface area contributed by atoms with Crippen molar-refractivity contribution in [3.8, 4) is 11.4 Å². The number of benzene rings is 1. The quantitative estimate of drug-likeness (QED) is 0.724. The van der Waals surface area contributed by atoms with Gasteiger partial charge >= 0.3 is 0 Å². The lowest BCUT2D eigenvalue weighted by molar-refractivity contribution is 0.860. The van der Waals surface area contributed by atoms with Crippen LogP contribution in [0.4, 0.5) is 0 Å². The molecule has 0 radical (unpaired) electrons. The number of H-pyrrole nitrogens is 1. The number of aromatic nitrogens is 3. The number of fused-ring (bicyclic) bond motifs is 1. The van der Waals surface area contributed by atoms with Crippen LogP contribution in [0.2, 0.25) is 0 Å². The molecule has 1 N–H and O–H groups in total. The third-order valence-corrected chi connectivity index (χ3v) is 3.30. The second kappa shape index (κ2) is 4.09. The average Bonchev–Trinajstić information content (AvgIpc) is 2.76. The van der Waals surface area contributed by atoms with E-state index in [2.05, 4.69) is 29.0 Å². The molecule has 2 aromatic heterocycles. The van der Waals surface area contributed by atoms with Gasteiger partial charge in [-0.05, 0) is 37.1 Å². The van der Waals surface area contributed by atoms with Crippen LogP contribution in [-0.4, -0.2) is 14.5 Å². The van der Waals surface area contributed by atoms with Gasteiger partial charge in [-0.25, -0.2) is 4.98 Å². The van der Waals surface area contributed by atoms with Gasteiger partial charge in [-0.15, -0.1) is 0 Å². The number of hydrogen-bond acceptors (Lipinski definition) is 2. The van der Waals surface area contributed by atoms with Gasteiger partial charge in [0.25, 0.3) is 5.56 Å². The molecule has 0 spiro atoms. The summed E-state index contributed by atoms with van der Waals surface area (Å²) < 4.78 is 1.54. The van der Waals surface area contributed by atoms with Crippen molar-refractivity contribution in [1.29, 1.82) is 0 Å². The number of pyridine rings is 1. The van der Waals surface area contributed by atoms with Crippen molar-refractivity contribution in [2.45, 2.75) is 13.8 Å². The molecule has 0 unspecified atom stereocenters. The van der Waals surface area contributed by atoms with E-state index in [4.69, 9.17) is 0 Å². The first-order valence-electron chi connectivity index (χ1n) is 6.18. The summed E-state index contributed by atoms with van der Waals surface area (Å²) in [4.78, 5) is 19.5. The van der Waals surface area contributed by atoms with Gasteiger partial charge in [-0.2, -0.15) is 0 Å². The maximum absolute atomic E-state index is 11.7. The van der Waals surface area contributed by atoms with Crippen molar-refractivity contribution in [3.63, 3.8) is 0 Å². The Morgan fingerprint density at radius 3 is 2.74 bits per heavy atom. The molecule has 0 aliphatic heterocycles. The first kappa shape index (κ1) is 11.7. The molecule has 4 heteroatoms. The predicted octanol–water partition coefficient (Wildman–Crippen LogP) is 2.55. The number of nitrogens with one attached hydrogen (secondary N) is 1. The molecule has 3 rings (SSSR count). The normalized spacial score (nSPS) is 11.1. The summed E-state index contributed by atoms with van der Waals surface area (Å²) in [7, 11) is 1.73. The zero-order chi connectivity index (χ0) is 13.6. The first-order chi connectivity index (χ1) is 9.04. The summed E-state index contributed by atoms with van der Waals surface area (Å²) in [5.74, 6) is 0.737. The number of aryl methyl sites for hydroxylation is 3. The van der Waals surface area contributed by atoms with Crippen LogP contribution in [-0.2, 0) is 7.05 Å². The van der Waals surface area contributed by atoms with Crippen molar-refractivity contribution in [2.24, 2.45) is 7.05 Å². The summed E-state index contributed by atoms with van der Waals surface area (Å²) in [6.07, 6.45) is 1.75. The van der Waals surface area contributed by atoms with E-state index in [9.17, 15) is 4.79 Å². The largest absolute Gasteiger partial charge is 0.338 e. The predicted molar refractivity (Wildman–Crippen MR) is 76.2 cm³/mol. The molecule has 0 atom stereocenters. The minimum absolute atomic E-state index is 0.0362. The van der Waals surface area contributed by atoms with Crippen LogP contribution in [0, 0.1) is 13.8 Å². The third-order valence-electron chi connectivity index (χ3n) is 3.30. The highest BCUT2D eigenvalue weighted by atomic mass is 16.1. The Morgan fingerprint density at radius 2 is 2.00 bits per heavy atom. The standard InChI is InChI=1S/C15H15N3O/c1-9-6-10(2)14-12(7-9)16-15(17-14)11-4-5-18(3)13(19)8-11/h4-8H,1-3H3,(H,16,17). The van der Waals surface area contributed by atoms with Gasteiger partial charge in [-0.3, -0.25) is 4.79 Å². The molecule has 0 aliphatic rings. The minimum atomic E-state index is -0.0362. The summed E-state index contributed by atoms with van der Waals surface area (Å²) in [6, 6.07) is 7.66. The summed E-state index contributed by atoms with van der Waals surface area (Å²) in [5.41, 5.74) is 5.09. The smallest absolute Gasteiger partial charge is 0.250 e. The van der Waals surface area contributed by atoms with Gasteiger partial charge < -0.3 is 9.55 Å². The lowest BCUT2D eigenvalue weighted by Gasteiger charge is -1.98. The molecule has 2 heterocycles. The van der Waals surface area contributed by atoms with E-state index in [-0.39, 0.29) is 5.56 Å². The van der Waals surface area contributed by atoms with Crippen molar-refractivity contribution in [1.82, 2.24) is 14.5 Å². The van der Waals surface area contributed by atoms with Crippen LogP contribution in [0.1, 0.15) is 11.1 Å². The molecule has 1 aromatic carbocycles. The second-order valence-corrected chi connectivity index (χ2v) is 4.93. The van der Waals surface area contributed by atoms with Crippen LogP contribution in [0.3, 0.4) is 0 Å². The van der Waals surface area contributed by atoms with E-state index in [1.165, 1.54) is 5.56 Å². The van der Waals surface area contributed by atoms with Gasteiger partial charge in [0.15, 0.2) is 0 Å². The summed E-state index contributed by atoms with van der Waals surface area (Å²) in [6.45, 7) is 4.11. The fourth-order valence-corrected chi connectivity index (χ4v) is 2.30. The Kier molecular flexibility index (Phi) is 2.52. The number of nitrogens with zero attached hydrogens (tertiary/aromatic N) is 2. The van der Waals surface area contributed by atoms with Crippen molar-refractivity contribution < 1.29 is 0 Å². The molecule has 0 fully saturated rings. The minimum Gasteiger partial charge on any atom is -0.338 e. The van der Waals surface area contributed by atoms with Crippen molar-refractivity contribution in [3.05, 3.63) is 51.9 Å². The van der Waals surface area contributed by atoms with Crippen LogP contribution in [0.15, 0.2) is 35.3 Å².